The van der Waals surface area contributed by atoms with Crippen molar-refractivity contribution in [2.45, 2.75) is 58.2 Å². The van der Waals surface area contributed by atoms with Crippen molar-refractivity contribution in [3.63, 3.8) is 0 Å². The minimum Gasteiger partial charge on any atom is -0.429 e. The van der Waals surface area contributed by atoms with E-state index < -0.39 is 0 Å². The first-order valence-corrected chi connectivity index (χ1v) is 11.7. The van der Waals surface area contributed by atoms with Crippen LogP contribution in [0, 0.1) is 6.92 Å². The summed E-state index contributed by atoms with van der Waals surface area (Å²) in [5.74, 6) is 0.807. The van der Waals surface area contributed by atoms with Crippen LogP contribution in [0.2, 0.25) is 10.2 Å². The lowest BCUT2D eigenvalue weighted by molar-refractivity contribution is -0.120. The summed E-state index contributed by atoms with van der Waals surface area (Å²) in [6.07, 6.45) is 4.34. The first-order chi connectivity index (χ1) is 15.9. The van der Waals surface area contributed by atoms with E-state index in [1.807, 2.05) is 19.1 Å². The van der Waals surface area contributed by atoms with Gasteiger partial charge in [0.05, 0.1) is 6.42 Å². The molecule has 1 amide bonds. The van der Waals surface area contributed by atoms with Gasteiger partial charge in [0.25, 0.3) is 5.56 Å². The topological polar surface area (TPSA) is 103 Å². The average Bonchev–Trinajstić information content (AvgIpc) is 3.58. The fourth-order valence-electron chi connectivity index (χ4n) is 3.71. The molecule has 0 radical (unpaired) electrons. The van der Waals surface area contributed by atoms with E-state index in [9.17, 15) is 9.59 Å². The summed E-state index contributed by atoms with van der Waals surface area (Å²) in [6.45, 7) is 2.86. The first kappa shape index (κ1) is 23.5. The fraction of sp³-hybridized carbons (Fsp3) is 0.375. The Morgan fingerprint density at radius 3 is 2.79 bits per heavy atom. The van der Waals surface area contributed by atoms with Crippen molar-refractivity contribution in [2.75, 3.05) is 0 Å². The highest BCUT2D eigenvalue weighted by molar-refractivity contribution is 6.30. The maximum atomic E-state index is 13.0. The van der Waals surface area contributed by atoms with E-state index >= 15 is 0 Å². The second-order valence-electron chi connectivity index (χ2n) is 8.34. The fourth-order valence-corrected chi connectivity index (χ4v) is 4.12. The van der Waals surface area contributed by atoms with Crippen LogP contribution in [0.4, 0.5) is 0 Å². The predicted molar refractivity (Wildman–Crippen MR) is 128 cm³/mol. The molecule has 9 heteroatoms. The minimum atomic E-state index is -0.246. The summed E-state index contributed by atoms with van der Waals surface area (Å²) in [5, 5.41) is 3.73. The quantitative estimate of drug-likeness (QED) is 0.475. The van der Waals surface area contributed by atoms with E-state index in [0.717, 1.165) is 29.5 Å². The molecule has 0 bridgehead atoms. The molecule has 1 saturated carbocycles. The lowest BCUT2D eigenvalue weighted by Gasteiger charge is -2.12. The van der Waals surface area contributed by atoms with E-state index in [2.05, 4.69) is 10.3 Å². The third kappa shape index (κ3) is 5.66. The molecule has 1 aliphatic carbocycles. The molecule has 0 saturated heterocycles. The Balaban J connectivity index is 1.42. The highest BCUT2D eigenvalue weighted by Crippen LogP contribution is 2.40. The van der Waals surface area contributed by atoms with Crippen LogP contribution < -0.4 is 16.6 Å². The van der Waals surface area contributed by atoms with Crippen LogP contribution in [0.5, 0.6) is 0 Å². The van der Waals surface area contributed by atoms with E-state index in [1.165, 1.54) is 0 Å². The summed E-state index contributed by atoms with van der Waals surface area (Å²) in [5.41, 5.74) is 9.23. The van der Waals surface area contributed by atoms with Gasteiger partial charge in [-0.25, -0.2) is 4.98 Å². The Morgan fingerprint density at radius 2 is 2.06 bits per heavy atom. The molecular weight excluding hydrogens is 463 g/mol. The molecular formula is C24H26Cl2N4O3. The maximum absolute atomic E-state index is 13.0. The van der Waals surface area contributed by atoms with Crippen LogP contribution in [0.25, 0.3) is 0 Å². The molecule has 3 aromatic rings. The zero-order chi connectivity index (χ0) is 23.5. The number of amides is 1. The van der Waals surface area contributed by atoms with Crippen LogP contribution in [-0.4, -0.2) is 15.5 Å². The Kier molecular flexibility index (Phi) is 7.22. The lowest BCUT2D eigenvalue weighted by atomic mass is 10.1. The average molecular weight is 489 g/mol. The molecule has 2 heterocycles. The third-order valence-corrected chi connectivity index (χ3v) is 6.41. The predicted octanol–water partition coefficient (Wildman–Crippen LogP) is 3.89. The van der Waals surface area contributed by atoms with Gasteiger partial charge in [-0.1, -0.05) is 17.7 Å². The number of pyridine rings is 1. The van der Waals surface area contributed by atoms with Gasteiger partial charge in [0.1, 0.15) is 5.69 Å². The van der Waals surface area contributed by atoms with Gasteiger partial charge in [-0.2, -0.15) is 0 Å². The molecule has 0 aliphatic heterocycles. The molecule has 33 heavy (non-hydrogen) atoms. The normalized spacial score (nSPS) is 13.3. The maximum Gasteiger partial charge on any atom is 0.254 e. The minimum absolute atomic E-state index is 0.0133. The third-order valence-electron chi connectivity index (χ3n) is 5.88. The van der Waals surface area contributed by atoms with Crippen LogP contribution in [0.3, 0.4) is 0 Å². The van der Waals surface area contributed by atoms with Crippen LogP contribution in [0.15, 0.2) is 39.7 Å². The molecule has 0 atom stereocenters. The van der Waals surface area contributed by atoms with E-state index in [4.69, 9.17) is 33.4 Å². The van der Waals surface area contributed by atoms with E-state index in [1.54, 1.807) is 22.9 Å². The highest BCUT2D eigenvalue weighted by Gasteiger charge is 2.30. The molecule has 7 nitrogen and oxygen atoms in total. The van der Waals surface area contributed by atoms with Crippen molar-refractivity contribution >= 4 is 29.1 Å². The number of benzene rings is 1. The lowest BCUT2D eigenvalue weighted by Crippen LogP contribution is -2.31. The number of nitrogens with zero attached hydrogens (tertiary/aromatic N) is 2. The Hall–Kier alpha value is -2.61. The summed E-state index contributed by atoms with van der Waals surface area (Å²) in [4.78, 5) is 30.1. The number of aromatic nitrogens is 2. The van der Waals surface area contributed by atoms with Gasteiger partial charge in [-0.3, -0.25) is 9.59 Å². The highest BCUT2D eigenvalue weighted by atomic mass is 35.5. The van der Waals surface area contributed by atoms with Gasteiger partial charge in [-0.05, 0) is 66.3 Å². The summed E-state index contributed by atoms with van der Waals surface area (Å²) in [7, 11) is 0. The number of hydrogen-bond acceptors (Lipinski definition) is 5. The van der Waals surface area contributed by atoms with Gasteiger partial charge in [0, 0.05) is 48.8 Å². The Morgan fingerprint density at radius 1 is 1.27 bits per heavy atom. The van der Waals surface area contributed by atoms with Crippen LogP contribution in [-0.2, 0) is 37.3 Å². The number of nitrogens with two attached hydrogens (primary N) is 1. The van der Waals surface area contributed by atoms with Gasteiger partial charge in [-0.15, -0.1) is 0 Å². The second-order valence-corrected chi connectivity index (χ2v) is 9.12. The Bertz CT molecular complexity index is 1230. The first-order valence-electron chi connectivity index (χ1n) is 10.9. The van der Waals surface area contributed by atoms with Crippen molar-refractivity contribution in [1.82, 2.24) is 14.9 Å². The van der Waals surface area contributed by atoms with Gasteiger partial charge < -0.3 is 20.0 Å². The van der Waals surface area contributed by atoms with Crippen molar-refractivity contribution in [3.8, 4) is 0 Å². The molecule has 4 rings (SSSR count). The van der Waals surface area contributed by atoms with Crippen LogP contribution >= 0.6 is 23.2 Å². The van der Waals surface area contributed by atoms with Gasteiger partial charge in [0.15, 0.2) is 5.89 Å². The number of carbonyl (C=O) groups is 1. The number of nitrogens with one attached hydrogen (secondary N) is 1. The van der Waals surface area contributed by atoms with Crippen LogP contribution in [0.1, 0.15) is 52.6 Å². The largest absolute Gasteiger partial charge is 0.429 e. The van der Waals surface area contributed by atoms with Gasteiger partial charge >= 0.3 is 0 Å². The zero-order valence-corrected chi connectivity index (χ0v) is 19.9. The van der Waals surface area contributed by atoms with E-state index in [0.29, 0.717) is 54.1 Å². The summed E-state index contributed by atoms with van der Waals surface area (Å²) < 4.78 is 7.12. The monoisotopic (exact) mass is 488 g/mol. The molecule has 174 valence electrons. The summed E-state index contributed by atoms with van der Waals surface area (Å²) in [6, 6.07) is 7.24. The summed E-state index contributed by atoms with van der Waals surface area (Å²) >= 11 is 12.2. The van der Waals surface area contributed by atoms with Crippen molar-refractivity contribution in [1.29, 1.82) is 0 Å². The smallest absolute Gasteiger partial charge is 0.254 e. The number of hydrogen-bond donors (Lipinski definition) is 2. The molecule has 0 unspecified atom stereocenters. The Labute approximate surface area is 201 Å². The number of halogens is 2. The number of oxazole rings is 1. The zero-order valence-electron chi connectivity index (χ0n) is 18.4. The van der Waals surface area contributed by atoms with Crippen molar-refractivity contribution in [2.24, 2.45) is 5.73 Å². The number of rotatable bonds is 9. The van der Waals surface area contributed by atoms with Crippen molar-refractivity contribution < 1.29 is 9.21 Å². The van der Waals surface area contributed by atoms with Gasteiger partial charge in [0.2, 0.25) is 11.1 Å². The van der Waals surface area contributed by atoms with E-state index in [-0.39, 0.29) is 23.1 Å². The molecule has 1 aliphatic rings. The molecule has 3 N–H and O–H groups in total. The molecule has 1 fully saturated rings. The SMILES string of the molecule is Cc1ccn(CCc2nc(C3CC3)oc2Cl)c(=O)c1CC(=O)NCc1cc(Cl)ccc1CN. The standard InChI is InChI=1S/C24H26Cl2N4O3/c1-14-6-8-30(9-7-20-22(26)33-23(29-20)15-2-3-15)24(32)19(14)11-21(31)28-13-17-10-18(25)5-4-16(17)12-27/h4-6,8,10,15H,2-3,7,9,11-13,27H2,1H3,(H,28,31). The second kappa shape index (κ2) is 10.1. The van der Waals surface area contributed by atoms with Crippen molar-refractivity contribution in [3.05, 3.63) is 84.9 Å². The molecule has 2 aromatic heterocycles. The molecule has 0 spiro atoms. The number of carbonyl (C=O) groups excluding carboxylic acids is 1. The molecule has 1 aromatic carbocycles. The number of aryl methyl sites for hydroxylation is 3.